The predicted octanol–water partition coefficient (Wildman–Crippen LogP) is 2.23. The lowest BCUT2D eigenvalue weighted by Crippen LogP contribution is -1.92. The van der Waals surface area contributed by atoms with Gasteiger partial charge < -0.3 is 4.57 Å². The Bertz CT molecular complexity index is 593. The lowest BCUT2D eigenvalue weighted by Gasteiger charge is -2.02. The number of allylic oxidation sites excluding steroid dienone is 1. The molecule has 0 aliphatic carbocycles. The first-order valence-corrected chi connectivity index (χ1v) is 5.25. The first-order valence-electron chi connectivity index (χ1n) is 4.43. The van der Waals surface area contributed by atoms with E-state index >= 15 is 0 Å². The third-order valence-electron chi connectivity index (χ3n) is 1.95. The molecule has 0 bridgehead atoms. The van der Waals surface area contributed by atoms with Gasteiger partial charge in [0.15, 0.2) is 0 Å². The molecule has 0 radical (unpaired) electrons. The summed E-state index contributed by atoms with van der Waals surface area (Å²) in [6.45, 7) is 0. The first-order chi connectivity index (χ1) is 7.85. The van der Waals surface area contributed by atoms with Gasteiger partial charge >= 0.3 is 0 Å². The second-order valence-corrected chi connectivity index (χ2v) is 3.99. The van der Waals surface area contributed by atoms with Crippen molar-refractivity contribution in [3.63, 3.8) is 0 Å². The van der Waals surface area contributed by atoms with Crippen LogP contribution >= 0.6 is 11.3 Å². The number of imidazole rings is 1. The molecule has 0 atom stereocenters. The van der Waals surface area contributed by atoms with Gasteiger partial charge in [0.1, 0.15) is 10.9 Å². The SMILES string of the molecule is N#CC=C(c1ccc(C#N)s1)n1ccnc1. The molecule has 16 heavy (non-hydrogen) atoms. The molecule has 0 saturated heterocycles. The largest absolute Gasteiger partial charge is 0.304 e. The Labute approximate surface area is 96.3 Å². The number of hydrogen-bond donors (Lipinski definition) is 0. The molecule has 0 aliphatic rings. The van der Waals surface area contributed by atoms with Crippen molar-refractivity contribution in [3.05, 3.63) is 46.7 Å². The maximum absolute atomic E-state index is 8.75. The number of rotatable bonds is 2. The molecule has 0 amide bonds. The normalized spacial score (nSPS) is 10.8. The fourth-order valence-electron chi connectivity index (χ4n) is 1.27. The van der Waals surface area contributed by atoms with Crippen LogP contribution in [0.3, 0.4) is 0 Å². The van der Waals surface area contributed by atoms with E-state index in [1.165, 1.54) is 17.4 Å². The summed E-state index contributed by atoms with van der Waals surface area (Å²) in [5.74, 6) is 0. The van der Waals surface area contributed by atoms with Crippen molar-refractivity contribution < 1.29 is 0 Å². The Kier molecular flexibility index (Phi) is 2.81. The summed E-state index contributed by atoms with van der Waals surface area (Å²) in [4.78, 5) is 5.43. The van der Waals surface area contributed by atoms with Gasteiger partial charge in [-0.05, 0) is 12.1 Å². The van der Waals surface area contributed by atoms with Crippen LogP contribution in [0.15, 0.2) is 36.9 Å². The Morgan fingerprint density at radius 2 is 2.31 bits per heavy atom. The van der Waals surface area contributed by atoms with Gasteiger partial charge in [0.2, 0.25) is 0 Å². The van der Waals surface area contributed by atoms with Crippen LogP contribution in [0.5, 0.6) is 0 Å². The highest BCUT2D eigenvalue weighted by Crippen LogP contribution is 2.24. The third kappa shape index (κ3) is 1.85. The molecule has 0 aliphatic heterocycles. The zero-order valence-corrected chi connectivity index (χ0v) is 8.98. The highest BCUT2D eigenvalue weighted by Gasteiger charge is 2.07. The van der Waals surface area contributed by atoms with Gasteiger partial charge in [0.25, 0.3) is 0 Å². The standard InChI is InChI=1S/C11H6N4S/c12-4-3-10(15-6-5-14-8-15)11-2-1-9(7-13)16-11/h1-3,5-6,8H. The van der Waals surface area contributed by atoms with Gasteiger partial charge in [0.05, 0.1) is 23.0 Å². The number of thiophene rings is 1. The van der Waals surface area contributed by atoms with Crippen LogP contribution in [-0.2, 0) is 0 Å². The Morgan fingerprint density at radius 3 is 2.88 bits per heavy atom. The first kappa shape index (κ1) is 10.2. The average molecular weight is 226 g/mol. The van der Waals surface area contributed by atoms with E-state index in [0.717, 1.165) is 10.6 Å². The van der Waals surface area contributed by atoms with Crippen LogP contribution in [-0.4, -0.2) is 9.55 Å². The lowest BCUT2D eigenvalue weighted by molar-refractivity contribution is 1.10. The van der Waals surface area contributed by atoms with Gasteiger partial charge in [-0.2, -0.15) is 10.5 Å². The molecular formula is C11H6N4S. The quantitative estimate of drug-likeness (QED) is 0.737. The molecule has 2 heterocycles. The summed E-state index contributed by atoms with van der Waals surface area (Å²) in [5, 5.41) is 17.5. The summed E-state index contributed by atoms with van der Waals surface area (Å²) in [7, 11) is 0. The lowest BCUT2D eigenvalue weighted by atomic mass is 10.3. The highest BCUT2D eigenvalue weighted by molar-refractivity contribution is 7.13. The van der Waals surface area contributed by atoms with Crippen LogP contribution in [0, 0.1) is 22.7 Å². The van der Waals surface area contributed by atoms with Crippen molar-refractivity contribution in [3.8, 4) is 12.1 Å². The van der Waals surface area contributed by atoms with Crippen LogP contribution in [0.2, 0.25) is 0 Å². The summed E-state index contributed by atoms with van der Waals surface area (Å²) < 4.78 is 1.75. The van der Waals surface area contributed by atoms with Crippen molar-refractivity contribution >= 4 is 17.0 Å². The Morgan fingerprint density at radius 1 is 1.44 bits per heavy atom. The van der Waals surface area contributed by atoms with Gasteiger partial charge in [0, 0.05) is 18.5 Å². The summed E-state index contributed by atoms with van der Waals surface area (Å²) in [6, 6.07) is 7.63. The van der Waals surface area contributed by atoms with E-state index in [-0.39, 0.29) is 0 Å². The Hall–Kier alpha value is -2.37. The van der Waals surface area contributed by atoms with Gasteiger partial charge in [-0.15, -0.1) is 11.3 Å². The van der Waals surface area contributed by atoms with E-state index < -0.39 is 0 Å². The number of nitrogens with zero attached hydrogens (tertiary/aromatic N) is 4. The van der Waals surface area contributed by atoms with E-state index in [1.807, 2.05) is 12.1 Å². The summed E-state index contributed by atoms with van der Waals surface area (Å²) >= 11 is 1.35. The molecule has 2 rings (SSSR count). The smallest absolute Gasteiger partial charge is 0.110 e. The minimum atomic E-state index is 0.624. The molecule has 4 nitrogen and oxygen atoms in total. The summed E-state index contributed by atoms with van der Waals surface area (Å²) in [6.07, 6.45) is 6.46. The fourth-order valence-corrected chi connectivity index (χ4v) is 2.09. The topological polar surface area (TPSA) is 65.4 Å². The van der Waals surface area contributed by atoms with Crippen LogP contribution in [0.4, 0.5) is 0 Å². The van der Waals surface area contributed by atoms with E-state index in [9.17, 15) is 0 Å². The minimum absolute atomic E-state index is 0.624. The maximum atomic E-state index is 8.75. The predicted molar refractivity (Wildman–Crippen MR) is 60.2 cm³/mol. The minimum Gasteiger partial charge on any atom is -0.304 e. The fraction of sp³-hybridized carbons (Fsp3) is 0. The van der Waals surface area contributed by atoms with Gasteiger partial charge in [-0.1, -0.05) is 0 Å². The van der Waals surface area contributed by atoms with Crippen LogP contribution in [0.25, 0.3) is 5.70 Å². The third-order valence-corrected chi connectivity index (χ3v) is 2.96. The van der Waals surface area contributed by atoms with Crippen molar-refractivity contribution in [1.29, 1.82) is 10.5 Å². The molecule has 0 fully saturated rings. The molecule has 2 aromatic rings. The van der Waals surface area contributed by atoms with E-state index in [2.05, 4.69) is 11.1 Å². The van der Waals surface area contributed by atoms with Crippen molar-refractivity contribution in [1.82, 2.24) is 9.55 Å². The molecule has 76 valence electrons. The van der Waals surface area contributed by atoms with Crippen molar-refractivity contribution in [2.24, 2.45) is 0 Å². The van der Waals surface area contributed by atoms with Crippen LogP contribution in [0.1, 0.15) is 9.75 Å². The van der Waals surface area contributed by atoms with E-state index in [0.29, 0.717) is 4.88 Å². The summed E-state index contributed by atoms with van der Waals surface area (Å²) in [5.41, 5.74) is 0.728. The van der Waals surface area contributed by atoms with Crippen molar-refractivity contribution in [2.45, 2.75) is 0 Å². The molecule has 0 aromatic carbocycles. The molecule has 0 N–H and O–H groups in total. The monoisotopic (exact) mass is 226 g/mol. The zero-order valence-electron chi connectivity index (χ0n) is 8.16. The second-order valence-electron chi connectivity index (χ2n) is 2.90. The zero-order chi connectivity index (χ0) is 11.4. The number of hydrogen-bond acceptors (Lipinski definition) is 4. The van der Waals surface area contributed by atoms with E-state index in [1.54, 1.807) is 29.4 Å². The highest BCUT2D eigenvalue weighted by atomic mass is 32.1. The van der Waals surface area contributed by atoms with Gasteiger partial charge in [-0.25, -0.2) is 4.98 Å². The average Bonchev–Trinajstić information content (AvgIpc) is 2.97. The number of nitriles is 2. The van der Waals surface area contributed by atoms with E-state index in [4.69, 9.17) is 10.5 Å². The van der Waals surface area contributed by atoms with Crippen molar-refractivity contribution in [2.75, 3.05) is 0 Å². The number of aromatic nitrogens is 2. The molecule has 2 aromatic heterocycles. The molecule has 0 unspecified atom stereocenters. The van der Waals surface area contributed by atoms with Gasteiger partial charge in [-0.3, -0.25) is 0 Å². The maximum Gasteiger partial charge on any atom is 0.110 e. The molecule has 0 spiro atoms. The second kappa shape index (κ2) is 4.43. The van der Waals surface area contributed by atoms with Crippen LogP contribution < -0.4 is 0 Å². The molecule has 5 heteroatoms. The molecule has 0 saturated carbocycles. The molecular weight excluding hydrogens is 220 g/mol. The Balaban J connectivity index is 2.47.